The van der Waals surface area contributed by atoms with Gasteiger partial charge in [-0.1, -0.05) is 46.3 Å². The van der Waals surface area contributed by atoms with Gasteiger partial charge in [-0.15, -0.1) is 0 Å². The van der Waals surface area contributed by atoms with Gasteiger partial charge in [-0.25, -0.2) is 0 Å². The average molecular weight is 451 g/mol. The first kappa shape index (κ1) is 19.7. The van der Waals surface area contributed by atoms with Gasteiger partial charge >= 0.3 is 0 Å². The SMILES string of the molecule is O=C(Nc1ccc(Nc2ccccc2)cc1)C1(c2ccc(Br)cc2)CCOCC1. The Morgan fingerprint density at radius 3 is 2.03 bits per heavy atom. The molecule has 1 saturated heterocycles. The van der Waals surface area contributed by atoms with Crippen LogP contribution < -0.4 is 10.6 Å². The molecular formula is C24H23BrN2O2. The summed E-state index contributed by atoms with van der Waals surface area (Å²) in [6.07, 6.45) is 1.35. The fourth-order valence-corrected chi connectivity index (χ4v) is 3.98. The number of anilines is 3. The van der Waals surface area contributed by atoms with E-state index < -0.39 is 5.41 Å². The minimum Gasteiger partial charge on any atom is -0.381 e. The maximum absolute atomic E-state index is 13.4. The quantitative estimate of drug-likeness (QED) is 0.510. The van der Waals surface area contributed by atoms with Crippen LogP contribution in [0, 0.1) is 0 Å². The molecular weight excluding hydrogens is 428 g/mol. The summed E-state index contributed by atoms with van der Waals surface area (Å²) in [6, 6.07) is 25.8. The summed E-state index contributed by atoms with van der Waals surface area (Å²) in [6.45, 7) is 1.17. The third-order valence-electron chi connectivity index (χ3n) is 5.38. The Morgan fingerprint density at radius 1 is 0.793 bits per heavy atom. The van der Waals surface area contributed by atoms with Crippen LogP contribution in [0.5, 0.6) is 0 Å². The number of para-hydroxylation sites is 1. The lowest BCUT2D eigenvalue weighted by Crippen LogP contribution is -2.44. The minimum absolute atomic E-state index is 0.0203. The third-order valence-corrected chi connectivity index (χ3v) is 5.91. The second-order valence-corrected chi connectivity index (χ2v) is 8.14. The van der Waals surface area contributed by atoms with Crippen molar-refractivity contribution < 1.29 is 9.53 Å². The lowest BCUT2D eigenvalue weighted by molar-refractivity contribution is -0.125. The van der Waals surface area contributed by atoms with Gasteiger partial charge in [-0.05, 0) is 66.9 Å². The van der Waals surface area contributed by atoms with Crippen LogP contribution in [-0.2, 0) is 14.9 Å². The highest BCUT2D eigenvalue weighted by Gasteiger charge is 2.41. The van der Waals surface area contributed by atoms with E-state index in [1.54, 1.807) is 0 Å². The average Bonchev–Trinajstić information content (AvgIpc) is 2.77. The molecule has 1 heterocycles. The van der Waals surface area contributed by atoms with Crippen LogP contribution >= 0.6 is 15.9 Å². The summed E-state index contributed by atoms with van der Waals surface area (Å²) in [5.41, 5.74) is 3.25. The van der Waals surface area contributed by atoms with Crippen molar-refractivity contribution in [3.63, 3.8) is 0 Å². The van der Waals surface area contributed by atoms with Gasteiger partial charge in [0.1, 0.15) is 0 Å². The van der Waals surface area contributed by atoms with E-state index in [0.29, 0.717) is 26.1 Å². The van der Waals surface area contributed by atoms with Gasteiger partial charge in [0.2, 0.25) is 5.91 Å². The lowest BCUT2D eigenvalue weighted by atomic mass is 9.73. The second kappa shape index (κ2) is 8.80. The van der Waals surface area contributed by atoms with Crippen molar-refractivity contribution in [3.8, 4) is 0 Å². The maximum Gasteiger partial charge on any atom is 0.235 e. The molecule has 4 nitrogen and oxygen atoms in total. The van der Waals surface area contributed by atoms with Gasteiger partial charge in [0.25, 0.3) is 0 Å². The number of carbonyl (C=O) groups excluding carboxylic acids is 1. The van der Waals surface area contributed by atoms with E-state index in [1.807, 2.05) is 78.9 Å². The number of nitrogens with one attached hydrogen (secondary N) is 2. The molecule has 1 fully saturated rings. The molecule has 0 saturated carbocycles. The standard InChI is InChI=1S/C24H23BrN2O2/c25-19-8-6-18(7-9-19)24(14-16-29-17-15-24)23(28)27-22-12-10-21(11-13-22)26-20-4-2-1-3-5-20/h1-13,26H,14-17H2,(H,27,28). The summed E-state index contributed by atoms with van der Waals surface area (Å²) in [4.78, 5) is 13.4. The molecule has 3 aromatic rings. The summed E-state index contributed by atoms with van der Waals surface area (Å²) in [7, 11) is 0. The molecule has 0 unspecified atom stereocenters. The second-order valence-electron chi connectivity index (χ2n) is 7.22. The molecule has 4 rings (SSSR count). The van der Waals surface area contributed by atoms with Crippen molar-refractivity contribution >= 4 is 38.9 Å². The Balaban J connectivity index is 1.51. The molecule has 0 spiro atoms. The Morgan fingerprint density at radius 2 is 1.38 bits per heavy atom. The number of halogens is 1. The smallest absolute Gasteiger partial charge is 0.235 e. The van der Waals surface area contributed by atoms with E-state index >= 15 is 0 Å². The largest absolute Gasteiger partial charge is 0.381 e. The molecule has 3 aromatic carbocycles. The number of benzene rings is 3. The predicted octanol–water partition coefficient (Wildman–Crippen LogP) is 5.88. The van der Waals surface area contributed by atoms with Crippen LogP contribution in [0.15, 0.2) is 83.3 Å². The first-order valence-electron chi connectivity index (χ1n) is 9.73. The van der Waals surface area contributed by atoms with Crippen molar-refractivity contribution in [2.75, 3.05) is 23.8 Å². The van der Waals surface area contributed by atoms with Gasteiger partial charge in [-0.2, -0.15) is 0 Å². The molecule has 2 N–H and O–H groups in total. The predicted molar refractivity (Wildman–Crippen MR) is 121 cm³/mol. The van der Waals surface area contributed by atoms with Gasteiger partial charge in [-0.3, -0.25) is 4.79 Å². The van der Waals surface area contributed by atoms with Crippen LogP contribution in [0.1, 0.15) is 18.4 Å². The molecule has 1 aliphatic rings. The fraction of sp³-hybridized carbons (Fsp3) is 0.208. The molecule has 148 valence electrons. The van der Waals surface area contributed by atoms with Crippen LogP contribution in [0.25, 0.3) is 0 Å². The van der Waals surface area contributed by atoms with Crippen LogP contribution in [0.2, 0.25) is 0 Å². The van der Waals surface area contributed by atoms with Crippen molar-refractivity contribution in [2.45, 2.75) is 18.3 Å². The highest BCUT2D eigenvalue weighted by molar-refractivity contribution is 9.10. The van der Waals surface area contributed by atoms with E-state index in [1.165, 1.54) is 0 Å². The third kappa shape index (κ3) is 4.52. The van der Waals surface area contributed by atoms with Gasteiger partial charge < -0.3 is 15.4 Å². The Hall–Kier alpha value is -2.63. The zero-order valence-corrected chi connectivity index (χ0v) is 17.6. The monoisotopic (exact) mass is 450 g/mol. The van der Waals surface area contributed by atoms with Crippen LogP contribution in [-0.4, -0.2) is 19.1 Å². The Labute approximate surface area is 179 Å². The van der Waals surface area contributed by atoms with Gasteiger partial charge in [0.05, 0.1) is 5.41 Å². The van der Waals surface area contributed by atoms with Crippen LogP contribution in [0.4, 0.5) is 17.1 Å². The first-order chi connectivity index (χ1) is 14.2. The number of ether oxygens (including phenoxy) is 1. The van der Waals surface area contributed by atoms with Gasteiger partial charge in [0, 0.05) is 34.7 Å². The van der Waals surface area contributed by atoms with E-state index in [9.17, 15) is 4.79 Å². The summed E-state index contributed by atoms with van der Waals surface area (Å²) < 4.78 is 6.55. The van der Waals surface area contributed by atoms with Crippen molar-refractivity contribution in [1.29, 1.82) is 0 Å². The highest BCUT2D eigenvalue weighted by atomic mass is 79.9. The van der Waals surface area contributed by atoms with Crippen molar-refractivity contribution in [1.82, 2.24) is 0 Å². The molecule has 0 radical (unpaired) electrons. The Bertz CT molecular complexity index is 950. The van der Waals surface area contributed by atoms with E-state index in [2.05, 4.69) is 26.6 Å². The van der Waals surface area contributed by atoms with Crippen LogP contribution in [0.3, 0.4) is 0 Å². The molecule has 1 aliphatic heterocycles. The Kier molecular flexibility index (Phi) is 5.97. The fourth-order valence-electron chi connectivity index (χ4n) is 3.71. The summed E-state index contributed by atoms with van der Waals surface area (Å²) in [5.74, 6) is 0.0203. The lowest BCUT2D eigenvalue weighted by Gasteiger charge is -2.36. The highest BCUT2D eigenvalue weighted by Crippen LogP contribution is 2.37. The molecule has 0 atom stereocenters. The number of amides is 1. The van der Waals surface area contributed by atoms with E-state index in [-0.39, 0.29) is 5.91 Å². The molecule has 0 bridgehead atoms. The minimum atomic E-state index is -0.570. The topological polar surface area (TPSA) is 50.4 Å². The van der Waals surface area contributed by atoms with E-state index in [0.717, 1.165) is 27.1 Å². The zero-order valence-electron chi connectivity index (χ0n) is 16.0. The van der Waals surface area contributed by atoms with Crippen molar-refractivity contribution in [2.24, 2.45) is 0 Å². The molecule has 5 heteroatoms. The molecule has 0 aliphatic carbocycles. The number of carbonyl (C=O) groups is 1. The maximum atomic E-state index is 13.4. The van der Waals surface area contributed by atoms with E-state index in [4.69, 9.17) is 4.74 Å². The summed E-state index contributed by atoms with van der Waals surface area (Å²) in [5, 5.41) is 6.48. The normalized spacial score (nSPS) is 15.5. The van der Waals surface area contributed by atoms with Gasteiger partial charge in [0.15, 0.2) is 0 Å². The number of hydrogen-bond acceptors (Lipinski definition) is 3. The molecule has 1 amide bonds. The number of rotatable bonds is 5. The number of hydrogen-bond donors (Lipinski definition) is 2. The first-order valence-corrected chi connectivity index (χ1v) is 10.5. The molecule has 29 heavy (non-hydrogen) atoms. The van der Waals surface area contributed by atoms with Crippen molar-refractivity contribution in [3.05, 3.63) is 88.9 Å². The zero-order chi connectivity index (χ0) is 20.1. The molecule has 0 aromatic heterocycles. The summed E-state index contributed by atoms with van der Waals surface area (Å²) >= 11 is 3.48.